The second-order valence-electron chi connectivity index (χ2n) is 6.61. The second-order valence-corrected chi connectivity index (χ2v) is 8.33. The molecule has 0 radical (unpaired) electrons. The zero-order valence-electron chi connectivity index (χ0n) is 16.5. The zero-order chi connectivity index (χ0) is 21.4. The van der Waals surface area contributed by atoms with Gasteiger partial charge in [-0.25, -0.2) is 17.9 Å². The molecule has 0 heterocycles. The van der Waals surface area contributed by atoms with Crippen LogP contribution >= 0.6 is 0 Å². The lowest BCUT2D eigenvalue weighted by Crippen LogP contribution is -2.30. The summed E-state index contributed by atoms with van der Waals surface area (Å²) in [6.45, 7) is 4.91. The number of ether oxygens (including phenoxy) is 1. The van der Waals surface area contributed by atoms with Crippen molar-refractivity contribution in [3.63, 3.8) is 0 Å². The van der Waals surface area contributed by atoms with E-state index in [1.54, 1.807) is 19.9 Å². The molecule has 2 aromatic rings. The van der Waals surface area contributed by atoms with Crippen LogP contribution in [-0.4, -0.2) is 32.4 Å². The smallest absolute Gasteiger partial charge is 0.331 e. The maximum absolute atomic E-state index is 12.2. The predicted octanol–water partition coefficient (Wildman–Crippen LogP) is 2.96. The van der Waals surface area contributed by atoms with E-state index in [9.17, 15) is 18.0 Å². The standard InChI is InChI=1S/C21H24N2O5S/c1-15(2)23-29(26,27)19-12-10-18(11-13-19)22-21(25)16(3)28-20(24)14-9-17-7-5-4-6-8-17/h4-16,23H,1-3H3,(H,22,25)/b14-9+/t16-/m0/s1. The number of carbonyl (C=O) groups excluding carboxylic acids is 2. The maximum Gasteiger partial charge on any atom is 0.331 e. The number of esters is 1. The lowest BCUT2D eigenvalue weighted by molar-refractivity contribution is -0.148. The zero-order valence-corrected chi connectivity index (χ0v) is 17.3. The van der Waals surface area contributed by atoms with Gasteiger partial charge in [0, 0.05) is 17.8 Å². The summed E-state index contributed by atoms with van der Waals surface area (Å²) in [5.74, 6) is -1.17. The molecule has 0 saturated carbocycles. The first-order chi connectivity index (χ1) is 13.7. The van der Waals surface area contributed by atoms with Gasteiger partial charge in [-0.1, -0.05) is 30.3 Å². The quantitative estimate of drug-likeness (QED) is 0.509. The number of sulfonamides is 1. The molecule has 0 aliphatic rings. The summed E-state index contributed by atoms with van der Waals surface area (Å²) in [7, 11) is -3.61. The van der Waals surface area contributed by atoms with Crippen LogP contribution in [0.4, 0.5) is 5.69 Å². The first-order valence-electron chi connectivity index (χ1n) is 9.04. The first kappa shape index (κ1) is 22.3. The minimum absolute atomic E-state index is 0.0923. The fourth-order valence-corrected chi connectivity index (χ4v) is 3.59. The van der Waals surface area contributed by atoms with Gasteiger partial charge in [-0.15, -0.1) is 0 Å². The van der Waals surface area contributed by atoms with Gasteiger partial charge in [-0.2, -0.15) is 0 Å². The monoisotopic (exact) mass is 416 g/mol. The van der Waals surface area contributed by atoms with Crippen molar-refractivity contribution in [3.8, 4) is 0 Å². The summed E-state index contributed by atoms with van der Waals surface area (Å²) in [5.41, 5.74) is 1.23. The molecule has 1 amide bonds. The van der Waals surface area contributed by atoms with Crippen LogP contribution in [0.25, 0.3) is 6.08 Å². The highest BCUT2D eigenvalue weighted by Crippen LogP contribution is 2.15. The number of amides is 1. The molecule has 29 heavy (non-hydrogen) atoms. The van der Waals surface area contributed by atoms with Crippen LogP contribution in [-0.2, 0) is 24.3 Å². The van der Waals surface area contributed by atoms with E-state index >= 15 is 0 Å². The van der Waals surface area contributed by atoms with Crippen molar-refractivity contribution in [2.24, 2.45) is 0 Å². The van der Waals surface area contributed by atoms with Crippen LogP contribution in [0.1, 0.15) is 26.3 Å². The van der Waals surface area contributed by atoms with Crippen molar-refractivity contribution in [3.05, 3.63) is 66.2 Å². The number of carbonyl (C=O) groups is 2. The fraction of sp³-hybridized carbons (Fsp3) is 0.238. The van der Waals surface area contributed by atoms with Crippen molar-refractivity contribution >= 4 is 33.7 Å². The van der Waals surface area contributed by atoms with E-state index in [4.69, 9.17) is 4.74 Å². The highest BCUT2D eigenvalue weighted by atomic mass is 32.2. The number of anilines is 1. The van der Waals surface area contributed by atoms with E-state index in [2.05, 4.69) is 10.0 Å². The molecule has 0 unspecified atom stereocenters. The lowest BCUT2D eigenvalue weighted by Gasteiger charge is -2.13. The average molecular weight is 416 g/mol. The number of hydrogen-bond donors (Lipinski definition) is 2. The number of nitrogens with one attached hydrogen (secondary N) is 2. The molecule has 7 nitrogen and oxygen atoms in total. The lowest BCUT2D eigenvalue weighted by atomic mass is 10.2. The third-order valence-electron chi connectivity index (χ3n) is 3.70. The molecule has 2 rings (SSSR count). The Morgan fingerprint density at radius 1 is 0.966 bits per heavy atom. The summed E-state index contributed by atoms with van der Waals surface area (Å²) in [4.78, 5) is 24.2. The van der Waals surface area contributed by atoms with E-state index in [1.807, 2.05) is 30.3 Å². The summed E-state index contributed by atoms with van der Waals surface area (Å²) >= 11 is 0. The summed E-state index contributed by atoms with van der Waals surface area (Å²) in [6, 6.07) is 14.7. The Morgan fingerprint density at radius 2 is 1.59 bits per heavy atom. The highest BCUT2D eigenvalue weighted by Gasteiger charge is 2.18. The Bertz CT molecular complexity index is 968. The molecular weight excluding hydrogens is 392 g/mol. The van der Waals surface area contributed by atoms with Crippen molar-refractivity contribution in [2.75, 3.05) is 5.32 Å². The highest BCUT2D eigenvalue weighted by molar-refractivity contribution is 7.89. The van der Waals surface area contributed by atoms with Gasteiger partial charge in [-0.3, -0.25) is 4.79 Å². The molecule has 0 fully saturated rings. The summed E-state index contributed by atoms with van der Waals surface area (Å²) < 4.78 is 31.8. The second kappa shape index (κ2) is 9.99. The average Bonchev–Trinajstić information content (AvgIpc) is 2.66. The van der Waals surface area contributed by atoms with E-state index in [0.29, 0.717) is 5.69 Å². The Morgan fingerprint density at radius 3 is 2.17 bits per heavy atom. The largest absolute Gasteiger partial charge is 0.449 e. The van der Waals surface area contributed by atoms with Gasteiger partial charge >= 0.3 is 5.97 Å². The van der Waals surface area contributed by atoms with Gasteiger partial charge < -0.3 is 10.1 Å². The van der Waals surface area contributed by atoms with E-state index in [1.165, 1.54) is 37.3 Å². The number of hydrogen-bond acceptors (Lipinski definition) is 5. The fourth-order valence-electron chi connectivity index (χ4n) is 2.34. The van der Waals surface area contributed by atoms with Gasteiger partial charge in [0.1, 0.15) is 0 Å². The predicted molar refractivity (Wildman–Crippen MR) is 112 cm³/mol. The van der Waals surface area contributed by atoms with Crippen LogP contribution in [0.3, 0.4) is 0 Å². The van der Waals surface area contributed by atoms with Crippen molar-refractivity contribution in [1.29, 1.82) is 0 Å². The summed E-state index contributed by atoms with van der Waals surface area (Å²) in [6.07, 6.45) is 1.83. The molecule has 0 spiro atoms. The minimum atomic E-state index is -3.61. The molecule has 0 bridgehead atoms. The molecule has 0 aliphatic carbocycles. The van der Waals surface area contributed by atoms with Crippen LogP contribution in [0, 0.1) is 0 Å². The third-order valence-corrected chi connectivity index (χ3v) is 5.37. The Kier molecular flexibility index (Phi) is 7.69. The van der Waals surface area contributed by atoms with Gasteiger partial charge in [0.05, 0.1) is 4.90 Å². The molecule has 2 aromatic carbocycles. The molecule has 2 N–H and O–H groups in total. The molecule has 8 heteroatoms. The molecule has 0 aromatic heterocycles. The van der Waals surface area contributed by atoms with E-state index in [-0.39, 0.29) is 10.9 Å². The molecular formula is C21H24N2O5S. The summed E-state index contributed by atoms with van der Waals surface area (Å²) in [5, 5.41) is 2.58. The van der Waals surface area contributed by atoms with Gasteiger partial charge in [-0.05, 0) is 56.7 Å². The first-order valence-corrected chi connectivity index (χ1v) is 10.5. The Labute approximate surface area is 170 Å². The Balaban J connectivity index is 1.92. The van der Waals surface area contributed by atoms with Gasteiger partial charge in [0.15, 0.2) is 6.10 Å². The van der Waals surface area contributed by atoms with Gasteiger partial charge in [0.25, 0.3) is 5.91 Å². The number of rotatable bonds is 8. The maximum atomic E-state index is 12.2. The van der Waals surface area contributed by atoms with E-state index < -0.39 is 28.0 Å². The normalized spacial score (nSPS) is 12.7. The molecule has 154 valence electrons. The van der Waals surface area contributed by atoms with Crippen LogP contribution in [0.15, 0.2) is 65.6 Å². The minimum Gasteiger partial charge on any atom is -0.449 e. The molecule has 0 aliphatic heterocycles. The van der Waals surface area contributed by atoms with Crippen molar-refractivity contribution in [1.82, 2.24) is 4.72 Å². The topological polar surface area (TPSA) is 102 Å². The SMILES string of the molecule is CC(C)NS(=O)(=O)c1ccc(NC(=O)[C@H](C)OC(=O)/C=C/c2ccccc2)cc1. The number of benzene rings is 2. The molecule has 0 saturated heterocycles. The van der Waals surface area contributed by atoms with Crippen LogP contribution in [0.5, 0.6) is 0 Å². The van der Waals surface area contributed by atoms with Crippen molar-refractivity contribution < 1.29 is 22.7 Å². The third kappa shape index (κ3) is 7.17. The van der Waals surface area contributed by atoms with E-state index in [0.717, 1.165) is 5.56 Å². The van der Waals surface area contributed by atoms with Crippen LogP contribution < -0.4 is 10.0 Å². The van der Waals surface area contributed by atoms with Crippen molar-refractivity contribution in [2.45, 2.75) is 37.8 Å². The molecule has 1 atom stereocenters. The Hall–Kier alpha value is -2.97. The van der Waals surface area contributed by atoms with Crippen LogP contribution in [0.2, 0.25) is 0 Å². The van der Waals surface area contributed by atoms with Gasteiger partial charge in [0.2, 0.25) is 10.0 Å².